The molecule has 2 N–H and O–H groups in total. The predicted octanol–water partition coefficient (Wildman–Crippen LogP) is 1.99. The number of hydrogen-bond donors (Lipinski definition) is 2. The van der Waals surface area contributed by atoms with Gasteiger partial charge in [-0.3, -0.25) is 4.72 Å². The summed E-state index contributed by atoms with van der Waals surface area (Å²) in [6, 6.07) is 10.4. The molecule has 3 rings (SSSR count). The van der Waals surface area contributed by atoms with Crippen molar-refractivity contribution in [3.63, 3.8) is 0 Å². The summed E-state index contributed by atoms with van der Waals surface area (Å²) in [6.45, 7) is 5.73. The maximum absolute atomic E-state index is 12.4. The van der Waals surface area contributed by atoms with E-state index < -0.39 is 10.0 Å². The highest BCUT2D eigenvalue weighted by Crippen LogP contribution is 2.19. The molecule has 0 saturated carbocycles. The number of aromatic nitrogens is 1. The van der Waals surface area contributed by atoms with Crippen molar-refractivity contribution < 1.29 is 8.42 Å². The van der Waals surface area contributed by atoms with Gasteiger partial charge in [-0.2, -0.15) is 0 Å². The van der Waals surface area contributed by atoms with Crippen LogP contribution in [0.5, 0.6) is 0 Å². The van der Waals surface area contributed by atoms with Gasteiger partial charge in [0, 0.05) is 19.6 Å². The zero-order chi connectivity index (χ0) is 17.0. The molecule has 2 heterocycles. The Morgan fingerprint density at radius 3 is 2.58 bits per heavy atom. The number of rotatable bonds is 4. The van der Waals surface area contributed by atoms with E-state index >= 15 is 0 Å². The number of nitrogens with one attached hydrogen (secondary N) is 2. The summed E-state index contributed by atoms with van der Waals surface area (Å²) in [6.07, 6.45) is 2.64. The molecule has 6 nitrogen and oxygen atoms in total. The van der Waals surface area contributed by atoms with E-state index in [2.05, 4.69) is 19.9 Å². The van der Waals surface area contributed by atoms with Gasteiger partial charge < -0.3 is 10.2 Å². The van der Waals surface area contributed by atoms with Crippen LogP contribution in [-0.4, -0.2) is 39.6 Å². The molecule has 2 aromatic rings. The Labute approximate surface area is 143 Å². The monoisotopic (exact) mass is 346 g/mol. The maximum Gasteiger partial charge on any atom is 0.261 e. The second kappa shape index (κ2) is 7.19. The third-order valence-electron chi connectivity index (χ3n) is 4.00. The molecule has 0 bridgehead atoms. The summed E-state index contributed by atoms with van der Waals surface area (Å²) >= 11 is 0. The van der Waals surface area contributed by atoms with Crippen molar-refractivity contribution in [2.75, 3.05) is 35.8 Å². The number of nitrogens with zero attached hydrogens (tertiary/aromatic N) is 2. The van der Waals surface area contributed by atoms with Gasteiger partial charge in [-0.05, 0) is 44.2 Å². The molecule has 7 heteroatoms. The van der Waals surface area contributed by atoms with Crippen molar-refractivity contribution in [3.05, 3.63) is 48.2 Å². The van der Waals surface area contributed by atoms with Crippen LogP contribution in [0.15, 0.2) is 47.5 Å². The molecule has 1 aliphatic rings. The molecule has 0 amide bonds. The summed E-state index contributed by atoms with van der Waals surface area (Å²) in [5.41, 5.74) is 1.49. The molecule has 1 aromatic carbocycles. The van der Waals surface area contributed by atoms with Crippen LogP contribution >= 0.6 is 0 Å². The third-order valence-corrected chi connectivity index (χ3v) is 5.39. The van der Waals surface area contributed by atoms with E-state index in [0.29, 0.717) is 5.69 Å². The van der Waals surface area contributed by atoms with Gasteiger partial charge in [-0.15, -0.1) is 0 Å². The highest BCUT2D eigenvalue weighted by Gasteiger charge is 2.15. The van der Waals surface area contributed by atoms with Crippen molar-refractivity contribution in [1.82, 2.24) is 10.3 Å². The first kappa shape index (κ1) is 16.7. The minimum Gasteiger partial charge on any atom is -0.355 e. The van der Waals surface area contributed by atoms with E-state index in [9.17, 15) is 8.42 Å². The van der Waals surface area contributed by atoms with Gasteiger partial charge in [0.25, 0.3) is 10.0 Å². The molecule has 1 fully saturated rings. The summed E-state index contributed by atoms with van der Waals surface area (Å²) in [5, 5.41) is 3.35. The second-order valence-electron chi connectivity index (χ2n) is 5.91. The molecule has 0 unspecified atom stereocenters. The van der Waals surface area contributed by atoms with Gasteiger partial charge in [-0.1, -0.05) is 17.7 Å². The average molecular weight is 346 g/mol. The van der Waals surface area contributed by atoms with Crippen LogP contribution in [0, 0.1) is 6.92 Å². The summed E-state index contributed by atoms with van der Waals surface area (Å²) in [7, 11) is -3.59. The SMILES string of the molecule is Cc1ccc(S(=O)(=O)Nc2ccc(N3CCCNCC3)nc2)cc1. The average Bonchev–Trinajstić information content (AvgIpc) is 2.85. The first-order chi connectivity index (χ1) is 11.5. The molecule has 128 valence electrons. The Morgan fingerprint density at radius 1 is 1.08 bits per heavy atom. The van der Waals surface area contributed by atoms with Gasteiger partial charge in [0.05, 0.1) is 16.8 Å². The molecule has 0 spiro atoms. The van der Waals surface area contributed by atoms with E-state index in [1.807, 2.05) is 13.0 Å². The van der Waals surface area contributed by atoms with Crippen LogP contribution in [0.4, 0.5) is 11.5 Å². The van der Waals surface area contributed by atoms with Crippen LogP contribution in [-0.2, 0) is 10.0 Å². The van der Waals surface area contributed by atoms with Gasteiger partial charge in [0.15, 0.2) is 0 Å². The number of hydrogen-bond acceptors (Lipinski definition) is 5. The molecule has 0 atom stereocenters. The van der Waals surface area contributed by atoms with Gasteiger partial charge in [-0.25, -0.2) is 13.4 Å². The van der Waals surface area contributed by atoms with Crippen molar-refractivity contribution in [1.29, 1.82) is 0 Å². The summed E-state index contributed by atoms with van der Waals surface area (Å²) in [4.78, 5) is 6.86. The lowest BCUT2D eigenvalue weighted by atomic mass is 10.2. The van der Waals surface area contributed by atoms with Crippen molar-refractivity contribution in [2.45, 2.75) is 18.2 Å². The smallest absolute Gasteiger partial charge is 0.261 e. The van der Waals surface area contributed by atoms with Crippen LogP contribution in [0.1, 0.15) is 12.0 Å². The molecular formula is C17H22N4O2S. The second-order valence-corrected chi connectivity index (χ2v) is 7.60. The first-order valence-electron chi connectivity index (χ1n) is 8.06. The normalized spacial score (nSPS) is 15.8. The standard InChI is InChI=1S/C17H22N4O2S/c1-14-3-6-16(7-4-14)24(22,23)20-15-5-8-17(19-13-15)21-11-2-9-18-10-12-21/h3-8,13,18,20H,2,9-12H2,1H3. The number of pyridine rings is 1. The topological polar surface area (TPSA) is 74.3 Å². The van der Waals surface area contributed by atoms with E-state index in [1.54, 1.807) is 36.5 Å². The molecule has 1 aromatic heterocycles. The zero-order valence-corrected chi connectivity index (χ0v) is 14.5. The Hall–Kier alpha value is -2.12. The predicted molar refractivity (Wildman–Crippen MR) is 95.9 cm³/mol. The minimum absolute atomic E-state index is 0.246. The Kier molecular flexibility index (Phi) is 5.01. The van der Waals surface area contributed by atoms with Crippen molar-refractivity contribution in [2.24, 2.45) is 0 Å². The zero-order valence-electron chi connectivity index (χ0n) is 13.7. The van der Waals surface area contributed by atoms with E-state index in [-0.39, 0.29) is 4.90 Å². The fourth-order valence-electron chi connectivity index (χ4n) is 2.64. The minimum atomic E-state index is -3.59. The first-order valence-corrected chi connectivity index (χ1v) is 9.54. The lowest BCUT2D eigenvalue weighted by molar-refractivity contribution is 0.601. The van der Waals surface area contributed by atoms with E-state index in [1.165, 1.54) is 0 Å². The maximum atomic E-state index is 12.4. The summed E-state index contributed by atoms with van der Waals surface area (Å²) in [5.74, 6) is 0.872. The molecule has 0 radical (unpaired) electrons. The van der Waals surface area contributed by atoms with Crippen LogP contribution in [0.2, 0.25) is 0 Å². The third kappa shape index (κ3) is 4.04. The molecule has 1 aliphatic heterocycles. The highest BCUT2D eigenvalue weighted by molar-refractivity contribution is 7.92. The number of aryl methyl sites for hydroxylation is 1. The lowest BCUT2D eigenvalue weighted by Gasteiger charge is -2.21. The fraction of sp³-hybridized carbons (Fsp3) is 0.353. The Morgan fingerprint density at radius 2 is 1.88 bits per heavy atom. The lowest BCUT2D eigenvalue weighted by Crippen LogP contribution is -2.28. The number of benzene rings is 1. The van der Waals surface area contributed by atoms with Crippen LogP contribution in [0.25, 0.3) is 0 Å². The van der Waals surface area contributed by atoms with Gasteiger partial charge in [0.2, 0.25) is 0 Å². The molecule has 24 heavy (non-hydrogen) atoms. The van der Waals surface area contributed by atoms with Crippen LogP contribution in [0.3, 0.4) is 0 Å². The van der Waals surface area contributed by atoms with E-state index in [0.717, 1.165) is 44.0 Å². The van der Waals surface area contributed by atoms with Gasteiger partial charge >= 0.3 is 0 Å². The van der Waals surface area contributed by atoms with Crippen molar-refractivity contribution in [3.8, 4) is 0 Å². The van der Waals surface area contributed by atoms with Crippen molar-refractivity contribution >= 4 is 21.5 Å². The fourth-order valence-corrected chi connectivity index (χ4v) is 3.68. The van der Waals surface area contributed by atoms with E-state index in [4.69, 9.17) is 0 Å². The van der Waals surface area contributed by atoms with Crippen LogP contribution < -0.4 is 14.9 Å². The largest absolute Gasteiger partial charge is 0.355 e. The molecular weight excluding hydrogens is 324 g/mol. The quantitative estimate of drug-likeness (QED) is 0.886. The molecule has 0 aliphatic carbocycles. The number of anilines is 2. The number of sulfonamides is 1. The van der Waals surface area contributed by atoms with Gasteiger partial charge in [0.1, 0.15) is 5.82 Å². The Balaban J connectivity index is 1.72. The Bertz CT molecular complexity index is 765. The highest BCUT2D eigenvalue weighted by atomic mass is 32.2. The molecule has 1 saturated heterocycles. The summed E-state index contributed by atoms with van der Waals surface area (Å²) < 4.78 is 27.4.